The highest BCUT2D eigenvalue weighted by atomic mass is 16.6. The van der Waals surface area contributed by atoms with Crippen molar-refractivity contribution in [1.82, 2.24) is 19.5 Å². The van der Waals surface area contributed by atoms with Gasteiger partial charge in [0.15, 0.2) is 23.2 Å². The molecule has 0 spiro atoms. The van der Waals surface area contributed by atoms with E-state index < -0.39 is 37.3 Å². The number of fused-ring (bicyclic) bond motifs is 1. The summed E-state index contributed by atoms with van der Waals surface area (Å²) in [6, 6.07) is -0.0860. The zero-order valence-corrected chi connectivity index (χ0v) is 13.4. The predicted octanol–water partition coefficient (Wildman–Crippen LogP) is -1.24. The minimum absolute atomic E-state index is 0.0860. The second kappa shape index (κ2) is 6.46. The van der Waals surface area contributed by atoms with Gasteiger partial charge in [0.05, 0.1) is 25.1 Å². The molecule has 2 aromatic heterocycles. The fourth-order valence-corrected chi connectivity index (χ4v) is 3.54. The number of ether oxygens (including phenoxy) is 1. The topological polar surface area (TPSA) is 146 Å². The van der Waals surface area contributed by atoms with Crippen molar-refractivity contribution in [1.29, 1.82) is 0 Å². The zero-order valence-electron chi connectivity index (χ0n) is 13.4. The van der Waals surface area contributed by atoms with Gasteiger partial charge in [-0.3, -0.25) is 4.57 Å². The summed E-state index contributed by atoms with van der Waals surface area (Å²) in [5.74, 6) is 0.501. The first kappa shape index (κ1) is 16.6. The van der Waals surface area contributed by atoms with E-state index in [0.717, 1.165) is 19.3 Å². The largest absolute Gasteiger partial charge is 0.394 e. The number of aromatic nitrogens is 4. The summed E-state index contributed by atoms with van der Waals surface area (Å²) in [5.41, 5.74) is 0.916. The lowest BCUT2D eigenvalue weighted by Crippen LogP contribution is -2.33. The molecule has 5 N–H and O–H groups in total. The first-order chi connectivity index (χ1) is 12.1. The molecular weight excluding hydrogens is 330 g/mol. The molecular formula is C15H21N5O5. The lowest BCUT2D eigenvalue weighted by Gasteiger charge is -2.18. The van der Waals surface area contributed by atoms with Crippen LogP contribution in [0.5, 0.6) is 0 Å². The summed E-state index contributed by atoms with van der Waals surface area (Å²) in [6.45, 7) is -0.400. The molecule has 2 fully saturated rings. The molecule has 136 valence electrons. The van der Waals surface area contributed by atoms with Crippen molar-refractivity contribution in [3.05, 3.63) is 12.7 Å². The lowest BCUT2D eigenvalue weighted by molar-refractivity contribution is -0.0511. The summed E-state index contributed by atoms with van der Waals surface area (Å²) in [6.07, 6.45) is 0.768. The minimum atomic E-state index is -1.21. The van der Waals surface area contributed by atoms with Gasteiger partial charge in [0.25, 0.3) is 0 Å². The Morgan fingerprint density at radius 3 is 2.68 bits per heavy atom. The van der Waals surface area contributed by atoms with Crippen LogP contribution in [-0.2, 0) is 4.74 Å². The molecule has 1 saturated carbocycles. The Morgan fingerprint density at radius 1 is 1.16 bits per heavy atom. The van der Waals surface area contributed by atoms with Crippen molar-refractivity contribution < 1.29 is 25.2 Å². The number of hydrogen-bond donors (Lipinski definition) is 5. The Labute approximate surface area is 143 Å². The predicted molar refractivity (Wildman–Crippen MR) is 85.6 cm³/mol. The average Bonchev–Trinajstić information content (AvgIpc) is 3.29. The molecule has 3 heterocycles. The molecule has 0 unspecified atom stereocenters. The Hall–Kier alpha value is -1.85. The van der Waals surface area contributed by atoms with Crippen LogP contribution in [-0.4, -0.2) is 77.0 Å². The zero-order chi connectivity index (χ0) is 17.6. The summed E-state index contributed by atoms with van der Waals surface area (Å²) in [4.78, 5) is 12.7. The van der Waals surface area contributed by atoms with E-state index in [1.54, 1.807) is 0 Å². The molecule has 2 aliphatic rings. The molecule has 2 aromatic rings. The second-order valence-corrected chi connectivity index (χ2v) is 6.52. The van der Waals surface area contributed by atoms with Gasteiger partial charge in [-0.25, -0.2) is 15.0 Å². The monoisotopic (exact) mass is 351 g/mol. The Morgan fingerprint density at radius 2 is 2.00 bits per heavy atom. The number of imidazole rings is 1. The quantitative estimate of drug-likeness (QED) is 0.456. The first-order valence-electron chi connectivity index (χ1n) is 8.34. The number of hydrogen-bond acceptors (Lipinski definition) is 9. The van der Waals surface area contributed by atoms with Gasteiger partial charge in [-0.1, -0.05) is 0 Å². The van der Waals surface area contributed by atoms with E-state index in [4.69, 9.17) is 4.74 Å². The number of anilines is 1. The summed E-state index contributed by atoms with van der Waals surface area (Å²) in [7, 11) is 0. The van der Waals surface area contributed by atoms with Crippen molar-refractivity contribution in [2.75, 3.05) is 11.9 Å². The smallest absolute Gasteiger partial charge is 0.167 e. The summed E-state index contributed by atoms with van der Waals surface area (Å²) >= 11 is 0. The molecule has 6 atom stereocenters. The van der Waals surface area contributed by atoms with Crippen molar-refractivity contribution in [3.63, 3.8) is 0 Å². The molecule has 0 amide bonds. The number of aliphatic hydroxyl groups excluding tert-OH is 4. The van der Waals surface area contributed by atoms with E-state index in [2.05, 4.69) is 20.3 Å². The van der Waals surface area contributed by atoms with Gasteiger partial charge in [-0.05, 0) is 19.3 Å². The molecule has 1 saturated heterocycles. The summed E-state index contributed by atoms with van der Waals surface area (Å²) in [5, 5.41) is 42.6. The molecule has 25 heavy (non-hydrogen) atoms. The number of aliphatic hydroxyl groups is 4. The van der Waals surface area contributed by atoms with Gasteiger partial charge < -0.3 is 30.5 Å². The van der Waals surface area contributed by atoms with Gasteiger partial charge >= 0.3 is 0 Å². The van der Waals surface area contributed by atoms with Gasteiger partial charge in [0.1, 0.15) is 24.6 Å². The van der Waals surface area contributed by atoms with E-state index in [1.807, 2.05) is 0 Å². The third-order valence-electron chi connectivity index (χ3n) is 4.95. The van der Waals surface area contributed by atoms with Gasteiger partial charge in [-0.15, -0.1) is 0 Å². The highest BCUT2D eigenvalue weighted by molar-refractivity contribution is 5.82. The number of nitrogens with zero attached hydrogens (tertiary/aromatic N) is 4. The van der Waals surface area contributed by atoms with Crippen LogP contribution < -0.4 is 5.32 Å². The van der Waals surface area contributed by atoms with E-state index in [1.165, 1.54) is 17.2 Å². The van der Waals surface area contributed by atoms with Crippen molar-refractivity contribution >= 4 is 17.0 Å². The standard InChI is InChI=1S/C15H21N5O5/c21-4-9-11(23)12(24)15(25-9)20-6-18-10-13(16-5-17-14(10)20)19-7-2-1-3-8(7)22/h5-9,11-12,15,21-24H,1-4H2,(H,16,17,19)/t7-,8-,9+,11+,12+,15+/m1/s1. The number of nitrogens with one attached hydrogen (secondary N) is 1. The molecule has 10 heteroatoms. The normalized spacial score (nSPS) is 35.5. The van der Waals surface area contributed by atoms with Crippen LogP contribution in [0, 0.1) is 0 Å². The molecule has 1 aliphatic heterocycles. The fourth-order valence-electron chi connectivity index (χ4n) is 3.54. The Kier molecular flexibility index (Phi) is 4.29. The second-order valence-electron chi connectivity index (χ2n) is 6.52. The van der Waals surface area contributed by atoms with Crippen LogP contribution in [0.1, 0.15) is 25.5 Å². The van der Waals surface area contributed by atoms with E-state index in [0.29, 0.717) is 17.0 Å². The van der Waals surface area contributed by atoms with Gasteiger partial charge in [0, 0.05) is 0 Å². The van der Waals surface area contributed by atoms with Gasteiger partial charge in [-0.2, -0.15) is 0 Å². The van der Waals surface area contributed by atoms with Crippen molar-refractivity contribution in [2.24, 2.45) is 0 Å². The average molecular weight is 351 g/mol. The van der Waals surface area contributed by atoms with Crippen molar-refractivity contribution in [2.45, 2.75) is 55.9 Å². The SMILES string of the molecule is OC[C@@H]1O[C@H](n2cnc3c(N[C@@H]4CCC[C@H]4O)ncnc32)[C@@H](O)[C@H]1O. The maximum Gasteiger partial charge on any atom is 0.167 e. The molecule has 1 aliphatic carbocycles. The van der Waals surface area contributed by atoms with Crippen LogP contribution in [0.4, 0.5) is 5.82 Å². The molecule has 0 radical (unpaired) electrons. The van der Waals surface area contributed by atoms with Crippen molar-refractivity contribution in [3.8, 4) is 0 Å². The third-order valence-corrected chi connectivity index (χ3v) is 4.95. The summed E-state index contributed by atoms with van der Waals surface area (Å²) < 4.78 is 7.04. The van der Waals surface area contributed by atoms with E-state index in [9.17, 15) is 20.4 Å². The fraction of sp³-hybridized carbons (Fsp3) is 0.667. The Balaban J connectivity index is 1.65. The van der Waals surface area contributed by atoms with Gasteiger partial charge in [0.2, 0.25) is 0 Å². The Bertz CT molecular complexity index is 755. The highest BCUT2D eigenvalue weighted by Gasteiger charge is 2.44. The molecule has 0 bridgehead atoms. The third kappa shape index (κ3) is 2.75. The first-order valence-corrected chi connectivity index (χ1v) is 8.34. The van der Waals surface area contributed by atoms with E-state index in [-0.39, 0.29) is 6.04 Å². The molecule has 0 aromatic carbocycles. The van der Waals surface area contributed by atoms with Crippen LogP contribution in [0.2, 0.25) is 0 Å². The van der Waals surface area contributed by atoms with Crippen LogP contribution in [0.25, 0.3) is 11.2 Å². The maximum absolute atomic E-state index is 10.2. The lowest BCUT2D eigenvalue weighted by atomic mass is 10.1. The van der Waals surface area contributed by atoms with Crippen LogP contribution >= 0.6 is 0 Å². The van der Waals surface area contributed by atoms with Crippen LogP contribution in [0.3, 0.4) is 0 Å². The molecule has 10 nitrogen and oxygen atoms in total. The van der Waals surface area contributed by atoms with Crippen LogP contribution in [0.15, 0.2) is 12.7 Å². The molecule has 4 rings (SSSR count). The highest BCUT2D eigenvalue weighted by Crippen LogP contribution is 2.32. The van der Waals surface area contributed by atoms with E-state index >= 15 is 0 Å². The maximum atomic E-state index is 10.2. The minimum Gasteiger partial charge on any atom is -0.394 e. The number of rotatable bonds is 4.